The third-order valence-corrected chi connectivity index (χ3v) is 6.65. The van der Waals surface area contributed by atoms with Crippen molar-refractivity contribution >= 4 is 21.4 Å². The molecule has 2 atom stereocenters. The maximum atomic E-state index is 14.2. The zero-order chi connectivity index (χ0) is 24.7. The monoisotopic (exact) mass is 490 g/mol. The van der Waals surface area contributed by atoms with Gasteiger partial charge >= 0.3 is 0 Å². The first-order chi connectivity index (χ1) is 15.4. The molecule has 11 heteroatoms. The van der Waals surface area contributed by atoms with Crippen LogP contribution in [-0.4, -0.2) is 26.5 Å². The Morgan fingerprint density at radius 3 is 2.27 bits per heavy atom. The van der Waals surface area contributed by atoms with Crippen LogP contribution in [0.1, 0.15) is 50.0 Å². The number of rotatable bonds is 7. The van der Waals surface area contributed by atoms with Crippen molar-refractivity contribution in [1.29, 1.82) is 0 Å². The lowest BCUT2D eigenvalue weighted by atomic mass is 9.95. The van der Waals surface area contributed by atoms with Gasteiger partial charge in [-0.05, 0) is 37.5 Å². The van der Waals surface area contributed by atoms with Gasteiger partial charge in [-0.25, -0.2) is 26.0 Å². The second-order valence-corrected chi connectivity index (χ2v) is 10.0. The first-order valence-electron chi connectivity index (χ1n) is 10.4. The van der Waals surface area contributed by atoms with Crippen molar-refractivity contribution in [3.8, 4) is 0 Å². The van der Waals surface area contributed by atoms with Gasteiger partial charge in [-0.2, -0.15) is 0 Å². The van der Waals surface area contributed by atoms with E-state index in [-0.39, 0.29) is 11.6 Å². The molecule has 0 aliphatic carbocycles. The lowest BCUT2D eigenvalue weighted by molar-refractivity contribution is -0.157. The van der Waals surface area contributed by atoms with E-state index in [1.807, 2.05) is 20.8 Å². The molecule has 1 aliphatic heterocycles. The van der Waals surface area contributed by atoms with E-state index in [1.165, 1.54) is 12.1 Å². The fraction of sp³-hybridized carbons (Fsp3) is 0.455. The third-order valence-electron chi connectivity index (χ3n) is 5.43. The molecule has 1 heterocycles. The van der Waals surface area contributed by atoms with Gasteiger partial charge in [0.1, 0.15) is 5.75 Å². The number of sulfonamides is 1. The average molecular weight is 491 g/mol. The quantitative estimate of drug-likeness (QED) is 0.434. The van der Waals surface area contributed by atoms with Crippen LogP contribution in [0.25, 0.3) is 0 Å². The number of hydrogen-bond acceptors (Lipinski definition) is 5. The Kier molecular flexibility index (Phi) is 7.25. The molecule has 2 unspecified atom stereocenters. The predicted octanol–water partition coefficient (Wildman–Crippen LogP) is 4.71. The highest BCUT2D eigenvalue weighted by molar-refractivity contribution is 7.91. The van der Waals surface area contributed by atoms with Crippen LogP contribution in [0.5, 0.6) is 0 Å². The molecule has 0 saturated heterocycles. The highest BCUT2D eigenvalue weighted by Gasteiger charge is 2.34. The highest BCUT2D eigenvalue weighted by atomic mass is 32.2. The van der Waals surface area contributed by atoms with Gasteiger partial charge in [0.05, 0.1) is 6.10 Å². The van der Waals surface area contributed by atoms with Crippen LogP contribution in [-0.2, 0) is 20.5 Å². The summed E-state index contributed by atoms with van der Waals surface area (Å²) in [6.45, 7) is 7.02. The Morgan fingerprint density at radius 1 is 1.12 bits per heavy atom. The molecule has 0 saturated carbocycles. The summed E-state index contributed by atoms with van der Waals surface area (Å²) in [7, 11) is -4.44. The lowest BCUT2D eigenvalue weighted by Gasteiger charge is -2.41. The molecule has 3 rings (SSSR count). The standard InChI is InChI=1S/C22H26F4N2O4S/c1-5-8-28-16-7-6-13(9-14(16)21(11(2)3)32-22(28)29)27-33(30,31)10-15-19(25)17(23)12(4)18(24)20(15)26/h6-7,9,11,21-22,27,29H,5,8,10H2,1-4H3. The maximum Gasteiger partial charge on any atom is 0.238 e. The zero-order valence-corrected chi connectivity index (χ0v) is 19.4. The molecule has 2 aromatic rings. The van der Waals surface area contributed by atoms with E-state index in [2.05, 4.69) is 4.72 Å². The summed E-state index contributed by atoms with van der Waals surface area (Å²) in [5.74, 6) is -8.14. The first kappa shape index (κ1) is 25.3. The van der Waals surface area contributed by atoms with Gasteiger partial charge in [0, 0.05) is 34.6 Å². The first-order valence-corrected chi connectivity index (χ1v) is 12.1. The van der Waals surface area contributed by atoms with Crippen LogP contribution >= 0.6 is 0 Å². The van der Waals surface area contributed by atoms with E-state index >= 15 is 0 Å². The number of hydrogen-bond donors (Lipinski definition) is 2. The summed E-state index contributed by atoms with van der Waals surface area (Å²) in [5, 5.41) is 10.4. The van der Waals surface area contributed by atoms with Crippen LogP contribution < -0.4 is 9.62 Å². The van der Waals surface area contributed by atoms with Crippen LogP contribution in [0.3, 0.4) is 0 Å². The number of aliphatic hydroxyl groups excluding tert-OH is 1. The molecule has 2 aromatic carbocycles. The number of benzene rings is 2. The number of nitrogens with one attached hydrogen (secondary N) is 1. The van der Waals surface area contributed by atoms with Gasteiger partial charge < -0.3 is 14.7 Å². The molecule has 0 bridgehead atoms. The van der Waals surface area contributed by atoms with E-state index < -0.39 is 62.7 Å². The summed E-state index contributed by atoms with van der Waals surface area (Å²) < 4.78 is 89.1. The Labute approximate surface area is 190 Å². The Morgan fingerprint density at radius 2 is 1.73 bits per heavy atom. The van der Waals surface area contributed by atoms with Crippen molar-refractivity contribution < 1.29 is 35.8 Å². The topological polar surface area (TPSA) is 78.9 Å². The van der Waals surface area contributed by atoms with Gasteiger partial charge in [0.25, 0.3) is 0 Å². The average Bonchev–Trinajstić information content (AvgIpc) is 2.75. The summed E-state index contributed by atoms with van der Waals surface area (Å²) in [6.07, 6.45) is -0.978. The Bertz CT molecular complexity index is 1130. The van der Waals surface area contributed by atoms with Crippen molar-refractivity contribution in [2.45, 2.75) is 52.4 Å². The summed E-state index contributed by atoms with van der Waals surface area (Å²) in [5.41, 5.74) is -0.732. The number of fused-ring (bicyclic) bond motifs is 1. The zero-order valence-electron chi connectivity index (χ0n) is 18.6. The minimum atomic E-state index is -4.44. The highest BCUT2D eigenvalue weighted by Crippen LogP contribution is 2.41. The Balaban J connectivity index is 1.95. The molecule has 2 N–H and O–H groups in total. The number of nitrogens with zero attached hydrogens (tertiary/aromatic N) is 1. The predicted molar refractivity (Wildman–Crippen MR) is 116 cm³/mol. The molecule has 6 nitrogen and oxygen atoms in total. The lowest BCUT2D eigenvalue weighted by Crippen LogP contribution is -2.43. The van der Waals surface area contributed by atoms with E-state index in [0.29, 0.717) is 17.8 Å². The molecule has 1 aliphatic rings. The van der Waals surface area contributed by atoms with Gasteiger partial charge in [-0.3, -0.25) is 4.72 Å². The fourth-order valence-electron chi connectivity index (χ4n) is 3.81. The molecule has 0 spiro atoms. The number of anilines is 2. The van der Waals surface area contributed by atoms with E-state index in [1.54, 1.807) is 11.0 Å². The van der Waals surface area contributed by atoms with Crippen LogP contribution in [0.2, 0.25) is 0 Å². The number of ether oxygens (including phenoxy) is 1. The maximum absolute atomic E-state index is 14.2. The van der Waals surface area contributed by atoms with Gasteiger partial charge in [0.15, 0.2) is 23.3 Å². The van der Waals surface area contributed by atoms with Crippen molar-refractivity contribution in [2.24, 2.45) is 5.92 Å². The molecular formula is C22H26F4N2O4S. The fourth-order valence-corrected chi connectivity index (χ4v) is 5.00. The summed E-state index contributed by atoms with van der Waals surface area (Å²) >= 11 is 0. The summed E-state index contributed by atoms with van der Waals surface area (Å²) in [4.78, 5) is 1.63. The normalized spacial score (nSPS) is 18.5. The van der Waals surface area contributed by atoms with Crippen molar-refractivity contribution in [2.75, 3.05) is 16.2 Å². The third kappa shape index (κ3) is 4.95. The molecule has 182 valence electrons. The van der Waals surface area contributed by atoms with Crippen molar-refractivity contribution in [3.63, 3.8) is 0 Å². The van der Waals surface area contributed by atoms with Crippen LogP contribution in [0.15, 0.2) is 18.2 Å². The van der Waals surface area contributed by atoms with Crippen molar-refractivity contribution in [3.05, 3.63) is 58.2 Å². The molecular weight excluding hydrogens is 464 g/mol. The van der Waals surface area contributed by atoms with E-state index in [9.17, 15) is 31.1 Å². The SMILES string of the molecule is CCCN1c2ccc(NS(=O)(=O)Cc3c(F)c(F)c(C)c(F)c3F)cc2C(C(C)C)OC1O. The number of halogens is 4. The van der Waals surface area contributed by atoms with Crippen molar-refractivity contribution in [1.82, 2.24) is 0 Å². The molecule has 0 radical (unpaired) electrons. The minimum absolute atomic E-state index is 0.0595. The van der Waals surface area contributed by atoms with Gasteiger partial charge in [-0.1, -0.05) is 20.8 Å². The molecule has 0 fully saturated rings. The van der Waals surface area contributed by atoms with Crippen LogP contribution in [0, 0.1) is 36.1 Å². The number of aliphatic hydroxyl groups is 1. The van der Waals surface area contributed by atoms with Gasteiger partial charge in [-0.15, -0.1) is 0 Å². The summed E-state index contributed by atoms with van der Waals surface area (Å²) in [6, 6.07) is 4.54. The van der Waals surface area contributed by atoms with Gasteiger partial charge in [0.2, 0.25) is 16.4 Å². The minimum Gasteiger partial charge on any atom is -0.351 e. The van der Waals surface area contributed by atoms with E-state index in [4.69, 9.17) is 4.74 Å². The van der Waals surface area contributed by atoms with Crippen LogP contribution in [0.4, 0.5) is 28.9 Å². The molecule has 0 aromatic heterocycles. The second kappa shape index (κ2) is 9.47. The largest absolute Gasteiger partial charge is 0.351 e. The molecule has 0 amide bonds. The van der Waals surface area contributed by atoms with E-state index in [0.717, 1.165) is 13.3 Å². The second-order valence-electron chi connectivity index (χ2n) is 8.31. The Hall–Kier alpha value is -2.37. The molecule has 33 heavy (non-hydrogen) atoms. The smallest absolute Gasteiger partial charge is 0.238 e.